The Morgan fingerprint density at radius 1 is 1.08 bits per heavy atom. The van der Waals surface area contributed by atoms with Crippen molar-refractivity contribution in [2.75, 3.05) is 0 Å². The molecular formula is C23H34O2. The highest BCUT2D eigenvalue weighted by Gasteiger charge is 2.59. The van der Waals surface area contributed by atoms with Crippen molar-refractivity contribution in [3.63, 3.8) is 0 Å². The summed E-state index contributed by atoms with van der Waals surface area (Å²) in [6, 6.07) is 0. The number of carbonyl (C=O) groups excluding carboxylic acids is 2. The Bertz CT molecular complexity index is 632. The second-order valence-corrected chi connectivity index (χ2v) is 10.1. The molecule has 0 aliphatic heterocycles. The minimum Gasteiger partial charge on any atom is -0.300 e. The van der Waals surface area contributed by atoms with E-state index in [9.17, 15) is 9.59 Å². The number of hydrogen-bond acceptors (Lipinski definition) is 2. The van der Waals surface area contributed by atoms with Crippen molar-refractivity contribution in [1.29, 1.82) is 0 Å². The number of carbonyl (C=O) groups is 2. The lowest BCUT2D eigenvalue weighted by atomic mass is 9.46. The normalized spacial score (nSPS) is 47.4. The quantitative estimate of drug-likeness (QED) is 0.677. The van der Waals surface area contributed by atoms with Crippen molar-refractivity contribution in [3.05, 3.63) is 11.6 Å². The summed E-state index contributed by atoms with van der Waals surface area (Å²) in [6.07, 6.45) is 11.3. The number of rotatable bonds is 2. The Balaban J connectivity index is 1.63. The third kappa shape index (κ3) is 2.42. The van der Waals surface area contributed by atoms with Crippen molar-refractivity contribution in [1.82, 2.24) is 0 Å². The molecule has 7 atom stereocenters. The lowest BCUT2D eigenvalue weighted by Crippen LogP contribution is -2.51. The molecule has 0 N–H and O–H groups in total. The molecule has 4 aliphatic carbocycles. The molecule has 0 unspecified atom stereocenters. The molecule has 0 saturated heterocycles. The van der Waals surface area contributed by atoms with E-state index in [1.807, 2.05) is 6.08 Å². The molecule has 138 valence electrons. The van der Waals surface area contributed by atoms with E-state index in [4.69, 9.17) is 0 Å². The fraction of sp³-hybridized carbons (Fsp3) is 0.826. The van der Waals surface area contributed by atoms with Gasteiger partial charge in [0.25, 0.3) is 0 Å². The van der Waals surface area contributed by atoms with E-state index < -0.39 is 0 Å². The predicted octanol–water partition coefficient (Wildman–Crippen LogP) is 5.36. The van der Waals surface area contributed by atoms with Gasteiger partial charge in [-0.1, -0.05) is 26.3 Å². The first kappa shape index (κ1) is 17.5. The van der Waals surface area contributed by atoms with Gasteiger partial charge in [-0.15, -0.1) is 0 Å². The molecule has 4 rings (SSSR count). The third-order valence-corrected chi connectivity index (χ3v) is 9.28. The molecule has 0 amide bonds. The first-order valence-electron chi connectivity index (χ1n) is 10.5. The van der Waals surface area contributed by atoms with Gasteiger partial charge in [-0.3, -0.25) is 9.59 Å². The maximum atomic E-state index is 12.1. The molecule has 0 aromatic carbocycles. The van der Waals surface area contributed by atoms with E-state index >= 15 is 0 Å². The predicted molar refractivity (Wildman–Crippen MR) is 100 cm³/mol. The van der Waals surface area contributed by atoms with Crippen molar-refractivity contribution in [2.24, 2.45) is 40.4 Å². The van der Waals surface area contributed by atoms with E-state index in [2.05, 4.69) is 20.8 Å². The van der Waals surface area contributed by atoms with E-state index in [0.717, 1.165) is 37.0 Å². The Hall–Kier alpha value is -0.920. The Labute approximate surface area is 152 Å². The number of hydrogen-bond donors (Lipinski definition) is 0. The maximum absolute atomic E-state index is 12.1. The smallest absolute Gasteiger partial charge is 0.155 e. The lowest BCUT2D eigenvalue weighted by Gasteiger charge is -2.58. The Morgan fingerprint density at radius 2 is 1.84 bits per heavy atom. The second-order valence-electron chi connectivity index (χ2n) is 10.1. The minimum atomic E-state index is 0.216. The van der Waals surface area contributed by atoms with Crippen molar-refractivity contribution < 1.29 is 9.59 Å². The first-order valence-corrected chi connectivity index (χ1v) is 10.5. The molecule has 0 bridgehead atoms. The molecule has 2 heteroatoms. The molecular weight excluding hydrogens is 308 g/mol. The lowest BCUT2D eigenvalue weighted by molar-refractivity contribution is -0.125. The van der Waals surface area contributed by atoms with Crippen LogP contribution in [0, 0.1) is 40.4 Å². The van der Waals surface area contributed by atoms with Gasteiger partial charge in [0.1, 0.15) is 5.78 Å². The molecule has 0 aromatic rings. The fourth-order valence-corrected chi connectivity index (χ4v) is 7.70. The van der Waals surface area contributed by atoms with Gasteiger partial charge in [-0.25, -0.2) is 0 Å². The van der Waals surface area contributed by atoms with Crippen molar-refractivity contribution in [3.8, 4) is 0 Å². The van der Waals surface area contributed by atoms with Gasteiger partial charge in [0.15, 0.2) is 5.78 Å². The van der Waals surface area contributed by atoms with Gasteiger partial charge in [0.05, 0.1) is 0 Å². The molecule has 25 heavy (non-hydrogen) atoms. The minimum absolute atomic E-state index is 0.216. The standard InChI is InChI=1S/C23H34O2/c1-14(15(2)24)19-7-8-20-18-6-5-16-13-17(25)9-11-22(16,3)21(18)10-12-23(19,20)4/h13-14,18-21H,5-12H2,1-4H3/t14-,18+,19-,20+,21+,22+,23-/m1/s1. The first-order chi connectivity index (χ1) is 11.8. The molecule has 3 fully saturated rings. The summed E-state index contributed by atoms with van der Waals surface area (Å²) >= 11 is 0. The van der Waals surface area contributed by atoms with Gasteiger partial charge in [0, 0.05) is 12.3 Å². The van der Waals surface area contributed by atoms with Crippen LogP contribution in [0.3, 0.4) is 0 Å². The second kappa shape index (κ2) is 5.79. The maximum Gasteiger partial charge on any atom is 0.155 e. The van der Waals surface area contributed by atoms with Gasteiger partial charge >= 0.3 is 0 Å². The molecule has 0 heterocycles. The Kier molecular flexibility index (Phi) is 4.05. The van der Waals surface area contributed by atoms with Crippen LogP contribution in [-0.4, -0.2) is 11.6 Å². The molecule has 0 spiro atoms. The summed E-state index contributed by atoms with van der Waals surface area (Å²) in [5.74, 6) is 3.86. The van der Waals surface area contributed by atoms with Crippen molar-refractivity contribution in [2.45, 2.75) is 79.1 Å². The van der Waals surface area contributed by atoms with Crippen LogP contribution >= 0.6 is 0 Å². The van der Waals surface area contributed by atoms with Crippen molar-refractivity contribution >= 4 is 11.6 Å². The zero-order valence-corrected chi connectivity index (χ0v) is 16.4. The average molecular weight is 343 g/mol. The molecule has 3 saturated carbocycles. The van der Waals surface area contributed by atoms with E-state index in [-0.39, 0.29) is 11.3 Å². The van der Waals surface area contributed by atoms with Crippen LogP contribution in [0.2, 0.25) is 0 Å². The van der Waals surface area contributed by atoms with Gasteiger partial charge in [-0.2, -0.15) is 0 Å². The number of fused-ring (bicyclic) bond motifs is 5. The van der Waals surface area contributed by atoms with Crippen LogP contribution in [0.15, 0.2) is 11.6 Å². The highest BCUT2D eigenvalue weighted by Crippen LogP contribution is 2.67. The molecule has 2 nitrogen and oxygen atoms in total. The van der Waals surface area contributed by atoms with Crippen LogP contribution in [-0.2, 0) is 9.59 Å². The van der Waals surface area contributed by atoms with Gasteiger partial charge in [-0.05, 0) is 92.4 Å². The van der Waals surface area contributed by atoms with E-state index in [1.54, 1.807) is 6.92 Å². The Morgan fingerprint density at radius 3 is 2.56 bits per heavy atom. The molecule has 4 aliphatic rings. The van der Waals surface area contributed by atoms with Crippen LogP contribution in [0.5, 0.6) is 0 Å². The third-order valence-electron chi connectivity index (χ3n) is 9.28. The zero-order valence-electron chi connectivity index (χ0n) is 16.4. The van der Waals surface area contributed by atoms with Crippen LogP contribution in [0.25, 0.3) is 0 Å². The molecule has 0 aromatic heterocycles. The SMILES string of the molecule is CC(=O)[C@@H](C)[C@H]1CC[C@H]2[C@@H]3CCC4=CC(=O)CC[C@]4(C)[C@H]3CC[C@]12C. The van der Waals surface area contributed by atoms with Gasteiger partial charge in [0.2, 0.25) is 0 Å². The summed E-state index contributed by atoms with van der Waals surface area (Å²) in [5.41, 5.74) is 2.08. The highest BCUT2D eigenvalue weighted by atomic mass is 16.1. The van der Waals surface area contributed by atoms with Gasteiger partial charge < -0.3 is 0 Å². The van der Waals surface area contributed by atoms with E-state index in [0.29, 0.717) is 22.9 Å². The fourth-order valence-electron chi connectivity index (χ4n) is 7.70. The summed E-state index contributed by atoms with van der Waals surface area (Å²) in [7, 11) is 0. The topological polar surface area (TPSA) is 34.1 Å². The zero-order chi connectivity index (χ0) is 18.0. The average Bonchev–Trinajstić information content (AvgIpc) is 2.92. The summed E-state index contributed by atoms with van der Waals surface area (Å²) < 4.78 is 0. The number of ketones is 2. The van der Waals surface area contributed by atoms with Crippen LogP contribution in [0.4, 0.5) is 0 Å². The summed E-state index contributed by atoms with van der Waals surface area (Å²) in [6.45, 7) is 8.91. The number of allylic oxidation sites excluding steroid dienone is 1. The van der Waals surface area contributed by atoms with E-state index in [1.165, 1.54) is 37.7 Å². The van der Waals surface area contributed by atoms with Crippen LogP contribution < -0.4 is 0 Å². The highest BCUT2D eigenvalue weighted by molar-refractivity contribution is 5.91. The summed E-state index contributed by atoms with van der Waals surface area (Å²) in [5, 5.41) is 0. The van der Waals surface area contributed by atoms with Crippen LogP contribution in [0.1, 0.15) is 79.1 Å². The molecule has 0 radical (unpaired) electrons. The monoisotopic (exact) mass is 342 g/mol. The summed E-state index contributed by atoms with van der Waals surface area (Å²) in [4.78, 5) is 24.0. The largest absolute Gasteiger partial charge is 0.300 e. The number of Topliss-reactive ketones (excluding diaryl/α,β-unsaturated/α-hetero) is 1.